The Bertz CT molecular complexity index is 2390. The van der Waals surface area contributed by atoms with Gasteiger partial charge < -0.3 is 4.57 Å². The van der Waals surface area contributed by atoms with Crippen LogP contribution in [0, 0.1) is 23.7 Å². The second-order valence-corrected chi connectivity index (χ2v) is 18.3. The molecule has 1 saturated heterocycles. The summed E-state index contributed by atoms with van der Waals surface area (Å²) in [4.78, 5) is 2.88. The molecule has 0 N–H and O–H groups in total. The molecule has 7 atom stereocenters. The summed E-state index contributed by atoms with van der Waals surface area (Å²) < 4.78 is 2.63. The molecule has 0 radical (unpaired) electrons. The Balaban J connectivity index is 1.12. The van der Waals surface area contributed by atoms with Gasteiger partial charge in [-0.3, -0.25) is 0 Å². The average molecular weight is 724 g/mol. The third kappa shape index (κ3) is 5.29. The van der Waals surface area contributed by atoms with Gasteiger partial charge in [0.25, 0.3) is 0 Å². The third-order valence-electron chi connectivity index (χ3n) is 13.1. The first-order valence-corrected chi connectivity index (χ1v) is 21.7. The van der Waals surface area contributed by atoms with Gasteiger partial charge in [0, 0.05) is 48.5 Å². The molecule has 53 heavy (non-hydrogen) atoms. The van der Waals surface area contributed by atoms with Gasteiger partial charge in [0.05, 0.1) is 5.52 Å². The highest BCUT2D eigenvalue weighted by molar-refractivity contribution is 8.01. The van der Waals surface area contributed by atoms with Crippen LogP contribution in [-0.4, -0.2) is 15.1 Å². The average Bonchev–Trinajstić information content (AvgIpc) is 3.57. The molecular formula is C50H45NS2. The number of rotatable bonds is 4. The normalized spacial score (nSPS) is 29.4. The number of thioether (sulfide) groups is 1. The SMILES string of the molecule is C1=CCCC(n2c3c(c4ccccc42)C(c2cccc4c2C(C2C5C=CC=CC5SC5C=CC(C6CC=CCC6)=CC52)c2ccccc2S4)=CCC3)=C1. The fourth-order valence-corrected chi connectivity index (χ4v) is 13.6. The van der Waals surface area contributed by atoms with Gasteiger partial charge in [-0.1, -0.05) is 133 Å². The number of para-hydroxylation sites is 1. The topological polar surface area (TPSA) is 4.93 Å². The highest BCUT2D eigenvalue weighted by atomic mass is 32.2. The summed E-state index contributed by atoms with van der Waals surface area (Å²) in [7, 11) is 0. The maximum atomic E-state index is 2.78. The molecule has 1 aromatic heterocycles. The summed E-state index contributed by atoms with van der Waals surface area (Å²) in [5.41, 5.74) is 13.3. The van der Waals surface area contributed by atoms with Crippen molar-refractivity contribution in [3.63, 3.8) is 0 Å². The Morgan fingerprint density at radius 1 is 0.717 bits per heavy atom. The minimum Gasteiger partial charge on any atom is -0.317 e. The minimum atomic E-state index is 0.289. The monoisotopic (exact) mass is 723 g/mol. The van der Waals surface area contributed by atoms with E-state index in [0.717, 1.165) is 25.7 Å². The van der Waals surface area contributed by atoms with Gasteiger partial charge in [-0.25, -0.2) is 0 Å². The lowest BCUT2D eigenvalue weighted by molar-refractivity contribution is 0.262. The van der Waals surface area contributed by atoms with Crippen LogP contribution in [0.3, 0.4) is 0 Å². The van der Waals surface area contributed by atoms with Gasteiger partial charge in [0.1, 0.15) is 0 Å². The summed E-state index contributed by atoms with van der Waals surface area (Å²) >= 11 is 4.21. The van der Waals surface area contributed by atoms with Gasteiger partial charge >= 0.3 is 0 Å². The van der Waals surface area contributed by atoms with Crippen molar-refractivity contribution in [2.75, 3.05) is 0 Å². The van der Waals surface area contributed by atoms with E-state index >= 15 is 0 Å². The maximum Gasteiger partial charge on any atom is 0.0534 e. The number of aromatic nitrogens is 1. The van der Waals surface area contributed by atoms with Crippen molar-refractivity contribution < 1.29 is 0 Å². The molecule has 0 amide bonds. The maximum absolute atomic E-state index is 2.78. The molecule has 3 heteroatoms. The predicted octanol–water partition coefficient (Wildman–Crippen LogP) is 13.1. The van der Waals surface area contributed by atoms with Crippen molar-refractivity contribution in [1.82, 2.24) is 4.57 Å². The van der Waals surface area contributed by atoms with Gasteiger partial charge in [-0.05, 0) is 121 Å². The zero-order valence-corrected chi connectivity index (χ0v) is 31.7. The van der Waals surface area contributed by atoms with Gasteiger partial charge in [0.15, 0.2) is 0 Å². The van der Waals surface area contributed by atoms with E-state index in [1.807, 2.05) is 11.8 Å². The minimum absolute atomic E-state index is 0.289. The van der Waals surface area contributed by atoms with Crippen molar-refractivity contribution in [2.45, 2.75) is 71.2 Å². The van der Waals surface area contributed by atoms with Crippen LogP contribution in [0.15, 0.2) is 161 Å². The van der Waals surface area contributed by atoms with E-state index in [4.69, 9.17) is 0 Å². The molecule has 2 aliphatic heterocycles. The number of hydrogen-bond donors (Lipinski definition) is 0. The fourth-order valence-electron chi connectivity index (χ4n) is 10.8. The molecule has 3 aromatic carbocycles. The van der Waals surface area contributed by atoms with Crippen LogP contribution in [-0.2, 0) is 6.42 Å². The lowest BCUT2D eigenvalue weighted by Crippen LogP contribution is -2.44. The molecule has 4 aromatic rings. The molecule has 262 valence electrons. The molecular weight excluding hydrogens is 679 g/mol. The van der Waals surface area contributed by atoms with E-state index in [1.165, 1.54) is 73.6 Å². The summed E-state index contributed by atoms with van der Waals surface area (Å²) in [6.07, 6.45) is 39.9. The van der Waals surface area contributed by atoms with E-state index < -0.39 is 0 Å². The summed E-state index contributed by atoms with van der Waals surface area (Å²) in [6.45, 7) is 0. The largest absolute Gasteiger partial charge is 0.317 e. The molecule has 7 aliphatic rings. The first-order valence-electron chi connectivity index (χ1n) is 20.0. The first-order chi connectivity index (χ1) is 26.3. The first kappa shape index (κ1) is 32.3. The summed E-state index contributed by atoms with van der Waals surface area (Å²) in [5.74, 6) is 2.30. The Morgan fingerprint density at radius 3 is 2.53 bits per heavy atom. The van der Waals surface area contributed by atoms with Crippen molar-refractivity contribution in [3.05, 3.63) is 179 Å². The van der Waals surface area contributed by atoms with Crippen molar-refractivity contribution in [2.24, 2.45) is 23.7 Å². The van der Waals surface area contributed by atoms with E-state index in [9.17, 15) is 0 Å². The molecule has 5 aliphatic carbocycles. The highest BCUT2D eigenvalue weighted by Crippen LogP contribution is 2.60. The molecule has 0 spiro atoms. The highest BCUT2D eigenvalue weighted by Gasteiger charge is 2.49. The van der Waals surface area contributed by atoms with Crippen LogP contribution < -0.4 is 0 Å². The number of fused-ring (bicyclic) bond motifs is 7. The number of nitrogens with zero attached hydrogens (tertiary/aromatic N) is 1. The van der Waals surface area contributed by atoms with Crippen LogP contribution in [0.2, 0.25) is 0 Å². The predicted molar refractivity (Wildman–Crippen MR) is 226 cm³/mol. The summed E-state index contributed by atoms with van der Waals surface area (Å²) in [5, 5.41) is 2.36. The number of benzene rings is 3. The van der Waals surface area contributed by atoms with Crippen LogP contribution in [0.1, 0.15) is 72.4 Å². The lowest BCUT2D eigenvalue weighted by atomic mass is 9.62. The standard InChI is InChI=1S/C50H45NS2/c1-3-15-32(16-4-1)33-29-30-45-40(31-33)48(38-20-8-11-26-43(38)52-45)50-39-21-9-12-27-44(39)53-46-28-14-23-36(49(46)50)35-22-13-25-42-47(35)37-19-7-10-24-41(37)51(42)34-17-5-2-6-18-34/h1-3,5,7-12,14,17,19-24,26-32,38,40,43,45,48,50H,4,6,13,15-16,18,25H2. The van der Waals surface area contributed by atoms with Gasteiger partial charge in [-0.2, -0.15) is 0 Å². The van der Waals surface area contributed by atoms with Crippen molar-refractivity contribution in [3.8, 4) is 0 Å². The number of allylic oxidation sites excluding steroid dienone is 13. The number of hydrogen-bond acceptors (Lipinski definition) is 2. The third-order valence-corrected chi connectivity index (χ3v) is 15.8. The molecule has 11 rings (SSSR count). The van der Waals surface area contributed by atoms with Gasteiger partial charge in [0.2, 0.25) is 0 Å². The molecule has 7 unspecified atom stereocenters. The molecule has 0 bridgehead atoms. The molecule has 1 fully saturated rings. The van der Waals surface area contributed by atoms with Crippen molar-refractivity contribution in [1.29, 1.82) is 0 Å². The van der Waals surface area contributed by atoms with Crippen LogP contribution in [0.25, 0.3) is 22.2 Å². The zero-order valence-electron chi connectivity index (χ0n) is 30.1. The van der Waals surface area contributed by atoms with E-state index in [-0.39, 0.29) is 5.92 Å². The van der Waals surface area contributed by atoms with Crippen LogP contribution in [0.4, 0.5) is 0 Å². The smallest absolute Gasteiger partial charge is 0.0534 e. The quantitative estimate of drug-likeness (QED) is 0.193. The van der Waals surface area contributed by atoms with E-state index in [1.54, 1.807) is 11.1 Å². The fraction of sp³-hybridized carbons (Fsp3) is 0.280. The Kier molecular flexibility index (Phi) is 8.09. The van der Waals surface area contributed by atoms with Crippen LogP contribution in [0.5, 0.6) is 0 Å². The lowest BCUT2D eigenvalue weighted by Gasteiger charge is -2.50. The second-order valence-electron chi connectivity index (χ2n) is 15.9. The Morgan fingerprint density at radius 2 is 1.60 bits per heavy atom. The Labute approximate surface area is 322 Å². The van der Waals surface area contributed by atoms with Gasteiger partial charge in [-0.15, -0.1) is 11.8 Å². The molecule has 1 nitrogen and oxygen atoms in total. The molecule has 3 heterocycles. The second kappa shape index (κ2) is 13.3. The Hall–Kier alpha value is -4.18. The molecule has 0 saturated carbocycles. The van der Waals surface area contributed by atoms with Crippen LogP contribution >= 0.6 is 23.5 Å². The summed E-state index contributed by atoms with van der Waals surface area (Å²) in [6, 6.07) is 25.9. The van der Waals surface area contributed by atoms with Crippen molar-refractivity contribution >= 4 is 45.7 Å². The van der Waals surface area contributed by atoms with E-state index in [0.29, 0.717) is 34.2 Å². The van der Waals surface area contributed by atoms with E-state index in [2.05, 4.69) is 162 Å². The zero-order chi connectivity index (χ0) is 34.9.